The van der Waals surface area contributed by atoms with E-state index in [1.807, 2.05) is 6.08 Å². The average molecular weight is 495 g/mol. The van der Waals surface area contributed by atoms with Crippen molar-refractivity contribution < 1.29 is 14.7 Å². The Morgan fingerprint density at radius 3 is 2.77 bits per heavy atom. The molecule has 6 rings (SSSR count). The van der Waals surface area contributed by atoms with E-state index in [9.17, 15) is 14.7 Å². The standard InChI is InChI=1S/C29H38N2O3S/c1-3-31-25-7-5-4-6-24(25)30-27(31)35-17-26(33)29(34)15-13-21-20-9-8-18-16-19(32)12-14-28(18,2)22(20)10-11-23(21)29/h5,7,16,20-23,34H,3-4,6,8-15,17H2,1-2H3/t20?,21?,22?,23?,28?,29-/m1/s1. The van der Waals surface area contributed by atoms with Gasteiger partial charge in [0.2, 0.25) is 0 Å². The van der Waals surface area contributed by atoms with Crippen LogP contribution in [0.1, 0.15) is 83.0 Å². The third-order valence-corrected chi connectivity index (χ3v) is 11.3. The van der Waals surface area contributed by atoms with Gasteiger partial charge in [-0.15, -0.1) is 0 Å². The Morgan fingerprint density at radius 1 is 1.14 bits per heavy atom. The molecule has 0 amide bonds. The number of thioether (sulfide) groups is 1. The molecule has 0 spiro atoms. The van der Waals surface area contributed by atoms with Crippen molar-refractivity contribution in [3.05, 3.63) is 29.1 Å². The minimum Gasteiger partial charge on any atom is -0.382 e. The summed E-state index contributed by atoms with van der Waals surface area (Å²) in [5, 5.41) is 12.7. The van der Waals surface area contributed by atoms with E-state index < -0.39 is 5.60 Å². The largest absolute Gasteiger partial charge is 0.382 e. The van der Waals surface area contributed by atoms with Crippen molar-refractivity contribution in [1.82, 2.24) is 9.55 Å². The summed E-state index contributed by atoms with van der Waals surface area (Å²) in [5.41, 5.74) is 2.62. The summed E-state index contributed by atoms with van der Waals surface area (Å²) in [7, 11) is 0. The number of fused-ring (bicyclic) bond motifs is 6. The van der Waals surface area contributed by atoms with Crippen LogP contribution in [0, 0.1) is 29.1 Å². The van der Waals surface area contributed by atoms with Crippen molar-refractivity contribution in [3.63, 3.8) is 0 Å². The van der Waals surface area contributed by atoms with E-state index in [1.165, 1.54) is 23.0 Å². The van der Waals surface area contributed by atoms with E-state index in [1.54, 1.807) is 0 Å². The van der Waals surface area contributed by atoms with E-state index in [0.29, 0.717) is 42.1 Å². The first-order chi connectivity index (χ1) is 16.8. The molecule has 35 heavy (non-hydrogen) atoms. The molecule has 5 unspecified atom stereocenters. The number of nitrogens with zero attached hydrogens (tertiary/aromatic N) is 2. The molecule has 6 atom stereocenters. The number of aromatic nitrogens is 2. The maximum atomic E-state index is 13.6. The second-order valence-corrected chi connectivity index (χ2v) is 12.7. The number of hydrogen-bond acceptors (Lipinski definition) is 5. The Kier molecular flexibility index (Phi) is 5.91. The summed E-state index contributed by atoms with van der Waals surface area (Å²) < 4.78 is 2.21. The lowest BCUT2D eigenvalue weighted by Crippen LogP contribution is -2.52. The van der Waals surface area contributed by atoms with Crippen molar-refractivity contribution in [3.8, 4) is 0 Å². The summed E-state index contributed by atoms with van der Waals surface area (Å²) in [5.74, 6) is 2.25. The summed E-state index contributed by atoms with van der Waals surface area (Å²) in [6.45, 7) is 5.34. The number of imidazole rings is 1. The number of Topliss-reactive ketones (excluding diaryl/α,β-unsaturated/α-hetero) is 1. The molecule has 6 heteroatoms. The maximum Gasteiger partial charge on any atom is 0.174 e. The van der Waals surface area contributed by atoms with Crippen LogP contribution in [0.25, 0.3) is 6.08 Å². The third-order valence-electron chi connectivity index (χ3n) is 10.4. The third kappa shape index (κ3) is 3.65. The first kappa shape index (κ1) is 23.7. The molecule has 5 aliphatic rings. The van der Waals surface area contributed by atoms with Crippen LogP contribution in [0.15, 0.2) is 22.9 Å². The van der Waals surface area contributed by atoms with Gasteiger partial charge in [-0.1, -0.05) is 30.3 Å². The Balaban J connectivity index is 1.17. The number of allylic oxidation sites excluding steroid dienone is 2. The highest BCUT2D eigenvalue weighted by atomic mass is 32.2. The van der Waals surface area contributed by atoms with E-state index in [4.69, 9.17) is 4.98 Å². The fourth-order valence-corrected chi connectivity index (χ4v) is 9.61. The van der Waals surface area contributed by atoms with Gasteiger partial charge in [0.25, 0.3) is 0 Å². The summed E-state index contributed by atoms with van der Waals surface area (Å²) in [6.07, 6.45) is 15.6. The van der Waals surface area contributed by atoms with Gasteiger partial charge in [-0.25, -0.2) is 4.98 Å². The number of carbonyl (C=O) groups excluding carboxylic acids is 2. The van der Waals surface area contributed by atoms with Gasteiger partial charge < -0.3 is 9.67 Å². The lowest BCUT2D eigenvalue weighted by Gasteiger charge is -2.55. The van der Waals surface area contributed by atoms with Crippen LogP contribution >= 0.6 is 11.8 Å². The quantitative estimate of drug-likeness (QED) is 0.555. The molecule has 3 fully saturated rings. The molecular formula is C29H38N2O3S. The zero-order chi connectivity index (χ0) is 24.4. The number of rotatable bonds is 5. The van der Waals surface area contributed by atoms with E-state index >= 15 is 0 Å². The van der Waals surface area contributed by atoms with Crippen molar-refractivity contribution >= 4 is 29.4 Å². The molecular weight excluding hydrogens is 456 g/mol. The van der Waals surface area contributed by atoms with Gasteiger partial charge in [-0.05, 0) is 106 Å². The molecule has 1 aromatic heterocycles. The van der Waals surface area contributed by atoms with Crippen LogP contribution in [-0.2, 0) is 22.6 Å². The van der Waals surface area contributed by atoms with Crippen LogP contribution < -0.4 is 0 Å². The zero-order valence-corrected chi connectivity index (χ0v) is 21.9. The maximum absolute atomic E-state index is 13.6. The van der Waals surface area contributed by atoms with Crippen molar-refractivity contribution in [2.24, 2.45) is 29.1 Å². The van der Waals surface area contributed by atoms with Crippen LogP contribution in [-0.4, -0.2) is 37.6 Å². The highest BCUT2D eigenvalue weighted by Crippen LogP contribution is 2.63. The van der Waals surface area contributed by atoms with Gasteiger partial charge in [-0.3, -0.25) is 9.59 Å². The van der Waals surface area contributed by atoms with Gasteiger partial charge in [0, 0.05) is 13.0 Å². The van der Waals surface area contributed by atoms with Gasteiger partial charge in [0.15, 0.2) is 16.7 Å². The molecule has 1 N–H and O–H groups in total. The molecule has 0 aliphatic heterocycles. The first-order valence-corrected chi connectivity index (χ1v) is 14.7. The zero-order valence-electron chi connectivity index (χ0n) is 21.1. The van der Waals surface area contributed by atoms with Gasteiger partial charge in [0.1, 0.15) is 5.60 Å². The highest BCUT2D eigenvalue weighted by molar-refractivity contribution is 7.99. The van der Waals surface area contributed by atoms with Crippen LogP contribution in [0.5, 0.6) is 0 Å². The highest BCUT2D eigenvalue weighted by Gasteiger charge is 2.60. The number of ketones is 2. The van der Waals surface area contributed by atoms with E-state index in [-0.39, 0.29) is 17.1 Å². The fraction of sp³-hybridized carbons (Fsp3) is 0.690. The number of aryl methyl sites for hydroxylation is 1. The average Bonchev–Trinajstić information content (AvgIpc) is 3.41. The molecule has 5 aliphatic carbocycles. The van der Waals surface area contributed by atoms with Crippen molar-refractivity contribution in [2.75, 3.05) is 5.75 Å². The molecule has 188 valence electrons. The molecule has 1 heterocycles. The predicted octanol–water partition coefficient (Wildman–Crippen LogP) is 5.40. The number of hydrogen-bond donors (Lipinski definition) is 1. The topological polar surface area (TPSA) is 72.2 Å². The molecule has 3 saturated carbocycles. The molecule has 1 aromatic rings. The Morgan fingerprint density at radius 2 is 1.94 bits per heavy atom. The van der Waals surface area contributed by atoms with Gasteiger partial charge in [-0.2, -0.15) is 0 Å². The van der Waals surface area contributed by atoms with Crippen LogP contribution in [0.2, 0.25) is 0 Å². The molecule has 0 saturated heterocycles. The monoisotopic (exact) mass is 494 g/mol. The molecule has 5 nitrogen and oxygen atoms in total. The van der Waals surface area contributed by atoms with Gasteiger partial charge in [0.05, 0.1) is 17.1 Å². The van der Waals surface area contributed by atoms with E-state index in [0.717, 1.165) is 68.8 Å². The molecule has 0 aromatic carbocycles. The van der Waals surface area contributed by atoms with Crippen molar-refractivity contribution in [2.45, 2.75) is 95.4 Å². The number of aliphatic hydroxyl groups is 1. The van der Waals surface area contributed by atoms with E-state index in [2.05, 4.69) is 30.6 Å². The SMILES string of the molecule is CCn1c(SCC(=O)[C@@]2(O)CCC3C4CCC5=CC(=O)CCC5(C)C4CCC32)nc2c1C=CCC2. The normalized spacial score (nSPS) is 37.8. The Hall–Kier alpha value is -1.66. The Bertz CT molecular complexity index is 1120. The first-order valence-electron chi connectivity index (χ1n) is 13.7. The Labute approximate surface area is 212 Å². The molecule has 0 bridgehead atoms. The summed E-state index contributed by atoms with van der Waals surface area (Å²) in [6, 6.07) is 0. The molecule has 0 radical (unpaired) electrons. The van der Waals surface area contributed by atoms with Crippen LogP contribution in [0.4, 0.5) is 0 Å². The fourth-order valence-electron chi connectivity index (χ4n) is 8.54. The second-order valence-electron chi connectivity index (χ2n) is 11.8. The number of carbonyl (C=O) groups is 2. The smallest absolute Gasteiger partial charge is 0.174 e. The van der Waals surface area contributed by atoms with Crippen molar-refractivity contribution in [1.29, 1.82) is 0 Å². The van der Waals surface area contributed by atoms with Gasteiger partial charge >= 0.3 is 0 Å². The minimum absolute atomic E-state index is 0.00140. The lowest BCUT2D eigenvalue weighted by atomic mass is 9.49. The summed E-state index contributed by atoms with van der Waals surface area (Å²) >= 11 is 1.50. The second kappa shape index (κ2) is 8.72. The summed E-state index contributed by atoms with van der Waals surface area (Å²) in [4.78, 5) is 30.5. The minimum atomic E-state index is -1.19. The lowest BCUT2D eigenvalue weighted by molar-refractivity contribution is -0.143. The van der Waals surface area contributed by atoms with Crippen LogP contribution in [0.3, 0.4) is 0 Å². The predicted molar refractivity (Wildman–Crippen MR) is 138 cm³/mol.